The molecule has 2 rings (SSSR count). The molecule has 0 fully saturated rings. The first-order valence-electron chi connectivity index (χ1n) is 3.06. The Balaban J connectivity index is 2.47. The fraction of sp³-hybridized carbons (Fsp3) is 0. The van der Waals surface area contributed by atoms with Gasteiger partial charge in [0, 0.05) is 6.07 Å². The third-order valence-corrected chi connectivity index (χ3v) is 1.29. The Hall–Kier alpha value is -1.51. The van der Waals surface area contributed by atoms with Crippen LogP contribution in [0.25, 0.3) is 0 Å². The van der Waals surface area contributed by atoms with E-state index in [0.29, 0.717) is 0 Å². The van der Waals surface area contributed by atoms with Crippen LogP contribution in [0.4, 0.5) is 0 Å². The summed E-state index contributed by atoms with van der Waals surface area (Å²) in [5, 5.41) is 0. The number of hydrogen-bond acceptors (Lipinski definition) is 2. The monoisotopic (exact) mass is 135 g/mol. The molecule has 0 spiro atoms. The van der Waals surface area contributed by atoms with Gasteiger partial charge in [-0.1, -0.05) is 0 Å². The smallest absolute Gasteiger partial charge is 0.401 e. The molecule has 10 heavy (non-hydrogen) atoms. The van der Waals surface area contributed by atoms with Crippen LogP contribution in [-0.4, -0.2) is 0 Å². The molecule has 0 saturated heterocycles. The van der Waals surface area contributed by atoms with Gasteiger partial charge in [-0.2, -0.15) is 5.43 Å². The second kappa shape index (κ2) is 2.02. The van der Waals surface area contributed by atoms with E-state index < -0.39 is 0 Å². The number of hydrogen-bond donors (Lipinski definition) is 1. The zero-order valence-corrected chi connectivity index (χ0v) is 5.32. The quantitative estimate of drug-likeness (QED) is 0.520. The van der Waals surface area contributed by atoms with Gasteiger partial charge in [-0.3, -0.25) is 0 Å². The van der Waals surface area contributed by atoms with Crippen molar-refractivity contribution in [3.05, 3.63) is 36.9 Å². The van der Waals surface area contributed by atoms with Gasteiger partial charge in [-0.25, -0.2) is 0 Å². The summed E-state index contributed by atoms with van der Waals surface area (Å²) in [7, 11) is 0. The van der Waals surface area contributed by atoms with Gasteiger partial charge < -0.3 is 4.74 Å². The van der Waals surface area contributed by atoms with Gasteiger partial charge in [0.25, 0.3) is 0 Å². The van der Waals surface area contributed by atoms with Crippen molar-refractivity contribution >= 4 is 0 Å². The average molecular weight is 135 g/mol. The average Bonchev–Trinajstić information content (AvgIpc) is 2.05. The molecule has 0 saturated carbocycles. The predicted molar refractivity (Wildman–Crippen MR) is 35.8 cm³/mol. The lowest BCUT2D eigenvalue weighted by Crippen LogP contribution is -2.44. The van der Waals surface area contributed by atoms with Crippen LogP contribution in [-0.2, 0) is 0 Å². The van der Waals surface area contributed by atoms with Crippen LogP contribution in [0.3, 0.4) is 0 Å². The number of aromatic nitrogens is 1. The summed E-state index contributed by atoms with van der Waals surface area (Å²) in [6, 6.07) is 5.74. The highest BCUT2D eigenvalue weighted by Crippen LogP contribution is 2.02. The molecule has 0 amide bonds. The standard InChI is InChI=1S/C7H7N2O/c1-2-5-9-7(3-1)10-6-4-8-9/h1-6,8H/q+1. The minimum Gasteiger partial charge on any atom is -0.409 e. The molecule has 0 bridgehead atoms. The SMILES string of the molecule is C1=COc2cccc[n+]2N1. The molecule has 3 heteroatoms. The fourth-order valence-electron chi connectivity index (χ4n) is 0.845. The van der Waals surface area contributed by atoms with Gasteiger partial charge >= 0.3 is 5.88 Å². The Bertz CT molecular complexity index is 243. The van der Waals surface area contributed by atoms with E-state index in [2.05, 4.69) is 5.43 Å². The maximum absolute atomic E-state index is 5.14. The molecular formula is C7H7N2O+. The van der Waals surface area contributed by atoms with Crippen LogP contribution >= 0.6 is 0 Å². The van der Waals surface area contributed by atoms with Gasteiger partial charge in [0.1, 0.15) is 6.26 Å². The molecule has 1 N–H and O–H groups in total. The number of pyridine rings is 1. The Kier molecular flexibility index (Phi) is 1.07. The molecule has 0 radical (unpaired) electrons. The number of fused-ring (bicyclic) bond motifs is 1. The minimum atomic E-state index is 0.796. The van der Waals surface area contributed by atoms with E-state index in [-0.39, 0.29) is 0 Å². The highest BCUT2D eigenvalue weighted by atomic mass is 16.5. The topological polar surface area (TPSA) is 25.1 Å². The summed E-state index contributed by atoms with van der Waals surface area (Å²) in [5.74, 6) is 0.796. The van der Waals surface area contributed by atoms with Crippen molar-refractivity contribution in [3.8, 4) is 5.88 Å². The zero-order valence-electron chi connectivity index (χ0n) is 5.32. The molecule has 1 aliphatic rings. The van der Waals surface area contributed by atoms with Crippen molar-refractivity contribution in [1.82, 2.24) is 0 Å². The van der Waals surface area contributed by atoms with Gasteiger partial charge in [0.05, 0.1) is 12.3 Å². The fourth-order valence-corrected chi connectivity index (χ4v) is 0.845. The number of rotatable bonds is 0. The summed E-state index contributed by atoms with van der Waals surface area (Å²) in [6.45, 7) is 0. The Morgan fingerprint density at radius 1 is 1.40 bits per heavy atom. The van der Waals surface area contributed by atoms with Gasteiger partial charge in [0.15, 0.2) is 0 Å². The number of ether oxygens (including phenoxy) is 1. The van der Waals surface area contributed by atoms with E-state index >= 15 is 0 Å². The second-order valence-corrected chi connectivity index (χ2v) is 1.96. The van der Waals surface area contributed by atoms with Gasteiger partial charge in [-0.15, -0.1) is 0 Å². The van der Waals surface area contributed by atoms with Crippen molar-refractivity contribution in [2.75, 3.05) is 5.43 Å². The van der Waals surface area contributed by atoms with Crippen molar-refractivity contribution in [3.63, 3.8) is 0 Å². The molecule has 2 heterocycles. The molecule has 1 aromatic rings. The summed E-state index contributed by atoms with van der Waals surface area (Å²) in [6.07, 6.45) is 5.22. The highest BCUT2D eigenvalue weighted by molar-refractivity contribution is 5.07. The van der Waals surface area contributed by atoms with E-state index in [0.717, 1.165) is 5.88 Å². The lowest BCUT2D eigenvalue weighted by molar-refractivity contribution is -0.652. The first kappa shape index (κ1) is 5.29. The van der Waals surface area contributed by atoms with Crippen LogP contribution in [0.15, 0.2) is 36.9 Å². The van der Waals surface area contributed by atoms with E-state index in [9.17, 15) is 0 Å². The first-order valence-corrected chi connectivity index (χ1v) is 3.06. The van der Waals surface area contributed by atoms with E-state index in [4.69, 9.17) is 4.74 Å². The van der Waals surface area contributed by atoms with Gasteiger partial charge in [0.2, 0.25) is 6.20 Å². The number of nitrogens with one attached hydrogen (secondary N) is 1. The summed E-state index contributed by atoms with van der Waals surface area (Å²) in [4.78, 5) is 0. The normalized spacial score (nSPS) is 13.2. The summed E-state index contributed by atoms with van der Waals surface area (Å²) >= 11 is 0. The second-order valence-electron chi connectivity index (χ2n) is 1.96. The Labute approximate surface area is 58.5 Å². The third kappa shape index (κ3) is 0.719. The third-order valence-electron chi connectivity index (χ3n) is 1.29. The van der Waals surface area contributed by atoms with Crippen LogP contribution < -0.4 is 14.8 Å². The maximum atomic E-state index is 5.14. The van der Waals surface area contributed by atoms with Gasteiger partial charge in [-0.05, 0) is 10.7 Å². The number of nitrogens with zero attached hydrogens (tertiary/aromatic N) is 1. The summed E-state index contributed by atoms with van der Waals surface area (Å²) < 4.78 is 6.94. The predicted octanol–water partition coefficient (Wildman–Crippen LogP) is 0.381. The van der Waals surface area contributed by atoms with Crippen LogP contribution in [0, 0.1) is 0 Å². The van der Waals surface area contributed by atoms with E-state index in [1.54, 1.807) is 17.1 Å². The molecule has 3 nitrogen and oxygen atoms in total. The first-order chi connectivity index (χ1) is 4.97. The van der Waals surface area contributed by atoms with Crippen molar-refractivity contribution < 1.29 is 9.41 Å². The molecule has 0 aliphatic carbocycles. The van der Waals surface area contributed by atoms with Crippen LogP contribution in [0.1, 0.15) is 0 Å². The maximum Gasteiger partial charge on any atom is 0.401 e. The molecule has 1 aromatic heterocycles. The Morgan fingerprint density at radius 2 is 2.40 bits per heavy atom. The van der Waals surface area contributed by atoms with Crippen molar-refractivity contribution in [1.29, 1.82) is 0 Å². The zero-order chi connectivity index (χ0) is 6.81. The molecule has 0 atom stereocenters. The largest absolute Gasteiger partial charge is 0.409 e. The molecular weight excluding hydrogens is 128 g/mol. The minimum absolute atomic E-state index is 0.796. The molecule has 50 valence electrons. The molecule has 1 aliphatic heterocycles. The Morgan fingerprint density at radius 3 is 3.30 bits per heavy atom. The van der Waals surface area contributed by atoms with Crippen molar-refractivity contribution in [2.45, 2.75) is 0 Å². The lowest BCUT2D eigenvalue weighted by Gasteiger charge is -2.03. The van der Waals surface area contributed by atoms with Crippen molar-refractivity contribution in [2.24, 2.45) is 0 Å². The van der Waals surface area contributed by atoms with E-state index in [1.165, 1.54) is 0 Å². The lowest BCUT2D eigenvalue weighted by atomic mass is 10.5. The van der Waals surface area contributed by atoms with E-state index in [1.807, 2.05) is 24.4 Å². The molecule has 0 aromatic carbocycles. The van der Waals surface area contributed by atoms with Crippen LogP contribution in [0.5, 0.6) is 5.88 Å². The van der Waals surface area contributed by atoms with Crippen LogP contribution in [0.2, 0.25) is 0 Å². The molecule has 0 unspecified atom stereocenters. The highest BCUT2D eigenvalue weighted by Gasteiger charge is 2.10. The summed E-state index contributed by atoms with van der Waals surface area (Å²) in [5.41, 5.74) is 2.97.